The number of hydrogen-bond donors (Lipinski definition) is 0. The Morgan fingerprint density at radius 3 is 2.67 bits per heavy atom. The number of carbonyl (C=O) groups excluding carboxylic acids is 1. The van der Waals surface area contributed by atoms with Crippen LogP contribution in [0.25, 0.3) is 0 Å². The van der Waals surface area contributed by atoms with Crippen molar-refractivity contribution in [2.75, 3.05) is 0 Å². The third-order valence-corrected chi connectivity index (χ3v) is 3.02. The molecule has 0 aromatic heterocycles. The molecule has 0 amide bonds. The molecule has 1 atom stereocenters. The summed E-state index contributed by atoms with van der Waals surface area (Å²) in [5, 5.41) is 0.557. The lowest BCUT2D eigenvalue weighted by molar-refractivity contribution is -0.108. The zero-order chi connectivity index (χ0) is 11.6. The van der Waals surface area contributed by atoms with Gasteiger partial charge in [0.1, 0.15) is 12.1 Å². The first kappa shape index (κ1) is 12.2. The van der Waals surface area contributed by atoms with Crippen molar-refractivity contribution in [2.24, 2.45) is 0 Å². The topological polar surface area (TPSA) is 17.1 Å². The van der Waals surface area contributed by atoms with Crippen molar-refractivity contribution >= 4 is 17.9 Å². The number of benzene rings is 1. The van der Waals surface area contributed by atoms with E-state index in [0.717, 1.165) is 11.8 Å². The zero-order valence-electron chi connectivity index (χ0n) is 9.10. The van der Waals surface area contributed by atoms with E-state index >= 15 is 0 Å². The smallest absolute Gasteiger partial charge is 0.129 e. The van der Waals surface area contributed by atoms with Gasteiger partial charge in [-0.3, -0.25) is 0 Å². The molecule has 3 heteroatoms. The largest absolute Gasteiger partial charge is 0.303 e. The van der Waals surface area contributed by atoms with E-state index in [2.05, 4.69) is 0 Å². The molecule has 15 heavy (non-hydrogen) atoms. The molecule has 82 valence electrons. The lowest BCUT2D eigenvalue weighted by Crippen LogP contribution is -2.04. The molecule has 0 N–H and O–H groups in total. The van der Waals surface area contributed by atoms with Crippen LogP contribution >= 0.6 is 11.6 Å². The van der Waals surface area contributed by atoms with E-state index in [9.17, 15) is 9.18 Å². The van der Waals surface area contributed by atoms with E-state index in [4.69, 9.17) is 11.6 Å². The SMILES string of the molecule is Cc1cc(Cl)c(C)c(C(C)CC=O)c1F. The average molecular weight is 229 g/mol. The Labute approximate surface area is 94.3 Å². The maximum atomic E-state index is 13.8. The second-order valence-corrected chi connectivity index (χ2v) is 4.24. The Hall–Kier alpha value is -0.890. The predicted molar refractivity (Wildman–Crippen MR) is 60.0 cm³/mol. The second-order valence-electron chi connectivity index (χ2n) is 3.83. The van der Waals surface area contributed by atoms with Gasteiger partial charge >= 0.3 is 0 Å². The van der Waals surface area contributed by atoms with Crippen LogP contribution in [-0.2, 0) is 4.79 Å². The molecule has 0 aliphatic carbocycles. The van der Waals surface area contributed by atoms with Gasteiger partial charge < -0.3 is 4.79 Å². The highest BCUT2D eigenvalue weighted by atomic mass is 35.5. The van der Waals surface area contributed by atoms with Gasteiger partial charge in [-0.2, -0.15) is 0 Å². The van der Waals surface area contributed by atoms with Crippen LogP contribution in [0.4, 0.5) is 4.39 Å². The first-order chi connectivity index (χ1) is 6.99. The third kappa shape index (κ3) is 2.37. The molecule has 1 rings (SSSR count). The van der Waals surface area contributed by atoms with Crippen LogP contribution in [-0.4, -0.2) is 6.29 Å². The Morgan fingerprint density at radius 2 is 2.13 bits per heavy atom. The van der Waals surface area contributed by atoms with E-state index in [-0.39, 0.29) is 11.7 Å². The molecule has 1 nitrogen and oxygen atoms in total. The molecule has 0 spiro atoms. The van der Waals surface area contributed by atoms with Crippen molar-refractivity contribution in [1.29, 1.82) is 0 Å². The summed E-state index contributed by atoms with van der Waals surface area (Å²) in [4.78, 5) is 10.4. The molecular weight excluding hydrogens is 215 g/mol. The lowest BCUT2D eigenvalue weighted by Gasteiger charge is -2.16. The van der Waals surface area contributed by atoms with E-state index in [1.165, 1.54) is 0 Å². The highest BCUT2D eigenvalue weighted by molar-refractivity contribution is 6.31. The minimum Gasteiger partial charge on any atom is -0.303 e. The zero-order valence-corrected chi connectivity index (χ0v) is 9.86. The molecule has 1 unspecified atom stereocenters. The Morgan fingerprint density at radius 1 is 1.53 bits per heavy atom. The first-order valence-electron chi connectivity index (χ1n) is 4.87. The molecule has 0 bridgehead atoms. The highest BCUT2D eigenvalue weighted by Gasteiger charge is 2.17. The van der Waals surface area contributed by atoms with Crippen molar-refractivity contribution in [3.63, 3.8) is 0 Å². The normalized spacial score (nSPS) is 12.6. The van der Waals surface area contributed by atoms with Crippen molar-refractivity contribution in [1.82, 2.24) is 0 Å². The van der Waals surface area contributed by atoms with E-state index < -0.39 is 0 Å². The fourth-order valence-electron chi connectivity index (χ4n) is 1.72. The monoisotopic (exact) mass is 228 g/mol. The van der Waals surface area contributed by atoms with Gasteiger partial charge in [0.05, 0.1) is 0 Å². The van der Waals surface area contributed by atoms with Gasteiger partial charge in [0, 0.05) is 11.4 Å². The first-order valence-corrected chi connectivity index (χ1v) is 5.25. The van der Waals surface area contributed by atoms with Crippen LogP contribution in [0.1, 0.15) is 36.0 Å². The standard InChI is InChI=1S/C12H14ClFO/c1-7(4-5-15)11-9(3)10(13)6-8(2)12(11)14/h5-7H,4H2,1-3H3. The number of aldehydes is 1. The second kappa shape index (κ2) is 4.75. The van der Waals surface area contributed by atoms with Crippen LogP contribution in [0.2, 0.25) is 5.02 Å². The molecule has 0 heterocycles. The molecule has 0 aliphatic rings. The number of halogens is 2. The molecule has 0 radical (unpaired) electrons. The molecule has 1 aromatic carbocycles. The molecular formula is C12H14ClFO. The molecule has 1 aromatic rings. The number of carbonyl (C=O) groups is 1. The van der Waals surface area contributed by atoms with Crippen molar-refractivity contribution in [2.45, 2.75) is 33.1 Å². The van der Waals surface area contributed by atoms with E-state index in [1.54, 1.807) is 19.9 Å². The molecule has 0 fully saturated rings. The van der Waals surface area contributed by atoms with Gasteiger partial charge in [0.25, 0.3) is 0 Å². The van der Waals surface area contributed by atoms with Crippen molar-refractivity contribution < 1.29 is 9.18 Å². The summed E-state index contributed by atoms with van der Waals surface area (Å²) in [5.74, 6) is -0.369. The van der Waals surface area contributed by atoms with Crippen LogP contribution in [0.3, 0.4) is 0 Å². The Balaban J connectivity index is 3.31. The lowest BCUT2D eigenvalue weighted by atomic mass is 9.92. The summed E-state index contributed by atoms with van der Waals surface area (Å²) in [6.45, 7) is 5.29. The molecule has 0 aliphatic heterocycles. The number of aryl methyl sites for hydroxylation is 1. The summed E-state index contributed by atoms with van der Waals surface area (Å²) in [7, 11) is 0. The fraction of sp³-hybridized carbons (Fsp3) is 0.417. The fourth-order valence-corrected chi connectivity index (χ4v) is 1.98. The van der Waals surface area contributed by atoms with Gasteiger partial charge in [-0.15, -0.1) is 0 Å². The number of rotatable bonds is 3. The highest BCUT2D eigenvalue weighted by Crippen LogP contribution is 2.31. The quantitative estimate of drug-likeness (QED) is 0.720. The maximum Gasteiger partial charge on any atom is 0.129 e. The summed E-state index contributed by atoms with van der Waals surface area (Å²) < 4.78 is 13.8. The minimum atomic E-state index is -0.244. The third-order valence-electron chi connectivity index (χ3n) is 2.63. The van der Waals surface area contributed by atoms with Crippen LogP contribution in [0.15, 0.2) is 6.07 Å². The molecule has 0 saturated carbocycles. The summed E-state index contributed by atoms with van der Waals surface area (Å²) >= 11 is 5.98. The Bertz CT molecular complexity index is 361. The average Bonchev–Trinajstić information content (AvgIpc) is 2.16. The van der Waals surface area contributed by atoms with Crippen molar-refractivity contribution in [3.05, 3.63) is 33.6 Å². The van der Waals surface area contributed by atoms with Crippen LogP contribution in [0.5, 0.6) is 0 Å². The van der Waals surface area contributed by atoms with Gasteiger partial charge in [0.2, 0.25) is 0 Å². The minimum absolute atomic E-state index is 0.125. The summed E-state index contributed by atoms with van der Waals surface area (Å²) in [6.07, 6.45) is 1.12. The number of hydrogen-bond acceptors (Lipinski definition) is 1. The van der Waals surface area contributed by atoms with Crippen molar-refractivity contribution in [3.8, 4) is 0 Å². The summed E-state index contributed by atoms with van der Waals surface area (Å²) in [6, 6.07) is 1.61. The van der Waals surface area contributed by atoms with Crippen LogP contribution in [0, 0.1) is 19.7 Å². The van der Waals surface area contributed by atoms with Gasteiger partial charge in [-0.25, -0.2) is 4.39 Å². The maximum absolute atomic E-state index is 13.8. The van der Waals surface area contributed by atoms with Gasteiger partial charge in [-0.1, -0.05) is 18.5 Å². The van der Waals surface area contributed by atoms with Gasteiger partial charge in [-0.05, 0) is 42.5 Å². The molecule has 0 saturated heterocycles. The summed E-state index contributed by atoms with van der Waals surface area (Å²) in [5.41, 5.74) is 1.82. The van der Waals surface area contributed by atoms with E-state index in [0.29, 0.717) is 22.6 Å². The predicted octanol–water partition coefficient (Wildman–Crippen LogP) is 3.79. The van der Waals surface area contributed by atoms with Crippen LogP contribution < -0.4 is 0 Å². The Kier molecular flexibility index (Phi) is 3.86. The van der Waals surface area contributed by atoms with Gasteiger partial charge in [0.15, 0.2) is 0 Å². The van der Waals surface area contributed by atoms with E-state index in [1.807, 2.05) is 6.92 Å².